The number of halogens is 2. The fraction of sp³-hybridized carbons (Fsp3) is 0.167. The van der Waals surface area contributed by atoms with Crippen LogP contribution in [-0.4, -0.2) is 15.5 Å². The molecular formula is C18H15F2N3O2. The van der Waals surface area contributed by atoms with Crippen molar-refractivity contribution in [2.45, 2.75) is 19.5 Å². The Morgan fingerprint density at radius 3 is 2.56 bits per heavy atom. The first-order valence-corrected chi connectivity index (χ1v) is 7.70. The summed E-state index contributed by atoms with van der Waals surface area (Å²) in [7, 11) is 0. The van der Waals surface area contributed by atoms with Crippen molar-refractivity contribution >= 4 is 16.8 Å². The SMILES string of the molecule is O=C(CCn1cnc2ccccc2c1=O)NCc1c(F)cccc1F. The molecule has 3 rings (SSSR count). The summed E-state index contributed by atoms with van der Waals surface area (Å²) in [5, 5.41) is 2.92. The lowest BCUT2D eigenvalue weighted by atomic mass is 10.2. The Hall–Kier alpha value is -3.09. The van der Waals surface area contributed by atoms with E-state index >= 15 is 0 Å². The predicted molar refractivity (Wildman–Crippen MR) is 88.8 cm³/mol. The quantitative estimate of drug-likeness (QED) is 0.774. The molecule has 0 radical (unpaired) electrons. The van der Waals surface area contributed by atoms with E-state index in [1.165, 1.54) is 17.0 Å². The van der Waals surface area contributed by atoms with Gasteiger partial charge in [-0.1, -0.05) is 18.2 Å². The van der Waals surface area contributed by atoms with E-state index in [4.69, 9.17) is 0 Å². The molecule has 0 bridgehead atoms. The smallest absolute Gasteiger partial charge is 0.261 e. The van der Waals surface area contributed by atoms with Crippen molar-refractivity contribution < 1.29 is 13.6 Å². The lowest BCUT2D eigenvalue weighted by molar-refractivity contribution is -0.121. The average Bonchev–Trinajstić information content (AvgIpc) is 2.61. The molecule has 0 fully saturated rings. The van der Waals surface area contributed by atoms with Crippen LogP contribution in [-0.2, 0) is 17.9 Å². The van der Waals surface area contributed by atoms with Crippen LogP contribution < -0.4 is 10.9 Å². The minimum Gasteiger partial charge on any atom is -0.352 e. The molecule has 1 aromatic heterocycles. The molecular weight excluding hydrogens is 328 g/mol. The van der Waals surface area contributed by atoms with Crippen LogP contribution in [0, 0.1) is 11.6 Å². The van der Waals surface area contributed by atoms with E-state index in [1.54, 1.807) is 24.3 Å². The van der Waals surface area contributed by atoms with Crippen molar-refractivity contribution in [1.29, 1.82) is 0 Å². The maximum absolute atomic E-state index is 13.5. The molecule has 0 aliphatic rings. The normalized spacial score (nSPS) is 10.8. The molecule has 1 amide bonds. The molecule has 2 aromatic carbocycles. The Morgan fingerprint density at radius 2 is 1.80 bits per heavy atom. The number of hydrogen-bond donors (Lipinski definition) is 1. The van der Waals surface area contributed by atoms with Crippen LogP contribution in [0.1, 0.15) is 12.0 Å². The molecule has 3 aromatic rings. The number of nitrogens with zero attached hydrogens (tertiary/aromatic N) is 2. The number of aryl methyl sites for hydroxylation is 1. The summed E-state index contributed by atoms with van der Waals surface area (Å²) in [6.45, 7) is -0.121. The largest absolute Gasteiger partial charge is 0.352 e. The van der Waals surface area contributed by atoms with E-state index in [9.17, 15) is 18.4 Å². The molecule has 1 heterocycles. The number of fused-ring (bicyclic) bond motifs is 1. The monoisotopic (exact) mass is 343 g/mol. The predicted octanol–water partition coefficient (Wildman–Crippen LogP) is 2.38. The highest BCUT2D eigenvalue weighted by Crippen LogP contribution is 2.11. The van der Waals surface area contributed by atoms with Crippen molar-refractivity contribution in [3.05, 3.63) is 76.3 Å². The van der Waals surface area contributed by atoms with Crippen molar-refractivity contribution in [3.8, 4) is 0 Å². The Balaban J connectivity index is 1.63. The number of carbonyl (C=O) groups excluding carboxylic acids is 1. The van der Waals surface area contributed by atoms with E-state index in [0.29, 0.717) is 10.9 Å². The summed E-state index contributed by atoms with van der Waals surface area (Å²) in [6, 6.07) is 10.4. The van der Waals surface area contributed by atoms with Crippen LogP contribution in [0.2, 0.25) is 0 Å². The first-order chi connectivity index (χ1) is 12.1. The summed E-state index contributed by atoms with van der Waals surface area (Å²) in [6.07, 6.45) is 1.38. The molecule has 0 unspecified atom stereocenters. The molecule has 0 spiro atoms. The fourth-order valence-electron chi connectivity index (χ4n) is 2.46. The molecule has 7 heteroatoms. The van der Waals surface area contributed by atoms with Gasteiger partial charge in [-0.15, -0.1) is 0 Å². The zero-order valence-electron chi connectivity index (χ0n) is 13.2. The van der Waals surface area contributed by atoms with Crippen molar-refractivity contribution in [2.24, 2.45) is 0 Å². The van der Waals surface area contributed by atoms with Crippen LogP contribution in [0.3, 0.4) is 0 Å². The molecule has 0 atom stereocenters. The van der Waals surface area contributed by atoms with Crippen LogP contribution in [0.4, 0.5) is 8.78 Å². The maximum atomic E-state index is 13.5. The highest BCUT2D eigenvalue weighted by molar-refractivity contribution is 5.77. The van der Waals surface area contributed by atoms with E-state index in [2.05, 4.69) is 10.3 Å². The van der Waals surface area contributed by atoms with E-state index in [-0.39, 0.29) is 30.6 Å². The van der Waals surface area contributed by atoms with Crippen LogP contribution in [0.15, 0.2) is 53.6 Å². The summed E-state index contributed by atoms with van der Waals surface area (Å²) < 4.78 is 28.4. The average molecular weight is 343 g/mol. The second-order valence-corrected chi connectivity index (χ2v) is 5.49. The summed E-state index contributed by atoms with van der Waals surface area (Å²) in [5.74, 6) is -1.84. The Bertz CT molecular complexity index is 965. The van der Waals surface area contributed by atoms with E-state index < -0.39 is 17.5 Å². The van der Waals surface area contributed by atoms with Gasteiger partial charge in [0.15, 0.2) is 0 Å². The van der Waals surface area contributed by atoms with Gasteiger partial charge in [-0.3, -0.25) is 14.2 Å². The number of nitrogens with one attached hydrogen (secondary N) is 1. The summed E-state index contributed by atoms with van der Waals surface area (Å²) in [4.78, 5) is 28.4. The van der Waals surface area contributed by atoms with Gasteiger partial charge in [-0.25, -0.2) is 13.8 Å². The second-order valence-electron chi connectivity index (χ2n) is 5.49. The molecule has 0 aliphatic carbocycles. The van der Waals surface area contributed by atoms with Gasteiger partial charge in [0.1, 0.15) is 11.6 Å². The van der Waals surface area contributed by atoms with E-state index in [0.717, 1.165) is 12.1 Å². The third-order valence-corrected chi connectivity index (χ3v) is 3.84. The maximum Gasteiger partial charge on any atom is 0.261 e. The van der Waals surface area contributed by atoms with Gasteiger partial charge in [-0.05, 0) is 24.3 Å². The minimum atomic E-state index is -0.713. The molecule has 0 saturated carbocycles. The highest BCUT2D eigenvalue weighted by Gasteiger charge is 2.10. The standard InChI is InChI=1S/C18H15F2N3O2/c19-14-5-3-6-15(20)13(14)10-21-17(24)8-9-23-11-22-16-7-2-1-4-12(16)18(23)25/h1-7,11H,8-10H2,(H,21,24). The second kappa shape index (κ2) is 7.21. The van der Waals surface area contributed by atoms with Crippen LogP contribution in [0.25, 0.3) is 10.9 Å². The Morgan fingerprint density at radius 1 is 1.08 bits per heavy atom. The minimum absolute atomic E-state index is 0.00397. The summed E-state index contributed by atoms with van der Waals surface area (Å²) in [5.41, 5.74) is 0.155. The number of aromatic nitrogens is 2. The topological polar surface area (TPSA) is 64.0 Å². The number of para-hydroxylation sites is 1. The highest BCUT2D eigenvalue weighted by atomic mass is 19.1. The molecule has 0 aliphatic heterocycles. The van der Waals surface area contributed by atoms with Gasteiger partial charge < -0.3 is 5.32 Å². The number of benzene rings is 2. The number of hydrogen-bond acceptors (Lipinski definition) is 3. The molecule has 0 saturated heterocycles. The zero-order valence-corrected chi connectivity index (χ0v) is 13.2. The lowest BCUT2D eigenvalue weighted by Gasteiger charge is -2.09. The Labute approximate surface area is 141 Å². The first kappa shape index (κ1) is 16.8. The molecule has 128 valence electrons. The number of amides is 1. The third-order valence-electron chi connectivity index (χ3n) is 3.84. The zero-order chi connectivity index (χ0) is 17.8. The fourth-order valence-corrected chi connectivity index (χ4v) is 2.46. The molecule has 5 nitrogen and oxygen atoms in total. The molecule has 25 heavy (non-hydrogen) atoms. The van der Waals surface area contributed by atoms with Gasteiger partial charge >= 0.3 is 0 Å². The number of carbonyl (C=O) groups is 1. The van der Waals surface area contributed by atoms with Crippen molar-refractivity contribution in [3.63, 3.8) is 0 Å². The van der Waals surface area contributed by atoms with Gasteiger partial charge in [0.2, 0.25) is 5.91 Å². The van der Waals surface area contributed by atoms with E-state index in [1.807, 2.05) is 0 Å². The van der Waals surface area contributed by atoms with Gasteiger partial charge in [0, 0.05) is 25.1 Å². The molecule has 1 N–H and O–H groups in total. The lowest BCUT2D eigenvalue weighted by Crippen LogP contribution is -2.28. The Kier molecular flexibility index (Phi) is 4.83. The van der Waals surface area contributed by atoms with Gasteiger partial charge in [-0.2, -0.15) is 0 Å². The number of rotatable bonds is 5. The van der Waals surface area contributed by atoms with Gasteiger partial charge in [0.05, 0.1) is 17.2 Å². The van der Waals surface area contributed by atoms with Crippen LogP contribution in [0.5, 0.6) is 0 Å². The van der Waals surface area contributed by atoms with Crippen molar-refractivity contribution in [1.82, 2.24) is 14.9 Å². The van der Waals surface area contributed by atoms with Gasteiger partial charge in [0.25, 0.3) is 5.56 Å². The van der Waals surface area contributed by atoms with Crippen LogP contribution >= 0.6 is 0 Å². The first-order valence-electron chi connectivity index (χ1n) is 7.70. The third kappa shape index (κ3) is 3.71. The summed E-state index contributed by atoms with van der Waals surface area (Å²) >= 11 is 0. The van der Waals surface area contributed by atoms with Crippen molar-refractivity contribution in [2.75, 3.05) is 0 Å².